The summed E-state index contributed by atoms with van der Waals surface area (Å²) in [4.78, 5) is 17.4. The number of hydrogen-bond donors (Lipinski definition) is 2. The molecule has 0 bridgehead atoms. The Hall–Kier alpha value is -2.35. The van der Waals surface area contributed by atoms with E-state index in [-0.39, 0.29) is 11.0 Å². The normalized spacial score (nSPS) is 14.3. The topological polar surface area (TPSA) is 56.8 Å². The number of ether oxygens (including phenoxy) is 1. The van der Waals surface area contributed by atoms with Gasteiger partial charge in [-0.05, 0) is 55.0 Å². The van der Waals surface area contributed by atoms with Crippen molar-refractivity contribution in [2.45, 2.75) is 20.8 Å². The second-order valence-electron chi connectivity index (χ2n) is 8.20. The van der Waals surface area contributed by atoms with E-state index in [1.54, 1.807) is 18.2 Å². The largest absolute Gasteiger partial charge is 0.493 e. The molecule has 1 saturated heterocycles. The number of nitrogens with zero attached hydrogens (tertiary/aromatic N) is 2. The number of carbonyl (C=O) groups is 1. The first-order valence-corrected chi connectivity index (χ1v) is 11.8. The zero-order valence-corrected chi connectivity index (χ0v) is 20.4. The molecule has 0 saturated carbocycles. The number of hydrogen-bond acceptors (Lipinski definition) is 5. The number of nitrogens with one attached hydrogen (secondary N) is 2. The third-order valence-electron chi connectivity index (χ3n) is 5.28. The first-order chi connectivity index (χ1) is 15.4. The number of anilines is 2. The Bertz CT molecular complexity index is 945. The Labute approximate surface area is 200 Å². The number of amides is 1. The minimum Gasteiger partial charge on any atom is -0.493 e. The molecule has 32 heavy (non-hydrogen) atoms. The maximum atomic E-state index is 12.7. The number of benzene rings is 2. The standard InChI is InChI=1S/C24H31ClN4O2S/c1-4-28-11-13-29(14-12-28)22-20(25)9-6-10-21(22)26-24(32)27-23(30)18-7-5-8-19(15-18)31-16-17(2)3/h5-10,15,17H,4,11-14,16H2,1-3H3,(H2,26,27,30,32). The van der Waals surface area contributed by atoms with Crippen molar-refractivity contribution in [2.75, 3.05) is 49.5 Å². The van der Waals surface area contributed by atoms with E-state index in [1.165, 1.54) is 0 Å². The highest BCUT2D eigenvalue weighted by molar-refractivity contribution is 7.80. The molecule has 3 rings (SSSR count). The Balaban J connectivity index is 1.66. The highest BCUT2D eigenvalue weighted by Gasteiger charge is 2.21. The van der Waals surface area contributed by atoms with Crippen LogP contribution in [0.5, 0.6) is 5.75 Å². The van der Waals surface area contributed by atoms with E-state index in [0.717, 1.165) is 44.1 Å². The van der Waals surface area contributed by atoms with Crippen molar-refractivity contribution in [1.82, 2.24) is 10.2 Å². The summed E-state index contributed by atoms with van der Waals surface area (Å²) in [6.45, 7) is 11.7. The molecule has 0 unspecified atom stereocenters. The average molecular weight is 475 g/mol. The van der Waals surface area contributed by atoms with Crippen LogP contribution in [-0.2, 0) is 0 Å². The van der Waals surface area contributed by atoms with Gasteiger partial charge < -0.3 is 19.9 Å². The maximum absolute atomic E-state index is 12.7. The zero-order chi connectivity index (χ0) is 23.1. The number of thiocarbonyl (C=S) groups is 1. The monoisotopic (exact) mass is 474 g/mol. The summed E-state index contributed by atoms with van der Waals surface area (Å²) in [5.41, 5.74) is 2.17. The highest BCUT2D eigenvalue weighted by Crippen LogP contribution is 2.34. The predicted octanol–water partition coefficient (Wildman–Crippen LogP) is 4.64. The van der Waals surface area contributed by atoms with E-state index in [1.807, 2.05) is 24.3 Å². The Morgan fingerprint density at radius 3 is 2.56 bits per heavy atom. The number of para-hydroxylation sites is 1. The molecule has 1 fully saturated rings. The predicted molar refractivity (Wildman–Crippen MR) is 136 cm³/mol. The molecule has 0 atom stereocenters. The van der Waals surface area contributed by atoms with Gasteiger partial charge in [0.2, 0.25) is 0 Å². The molecule has 8 heteroatoms. The molecule has 1 amide bonds. The van der Waals surface area contributed by atoms with Gasteiger partial charge in [-0.3, -0.25) is 10.1 Å². The van der Waals surface area contributed by atoms with Crippen molar-refractivity contribution < 1.29 is 9.53 Å². The van der Waals surface area contributed by atoms with E-state index in [2.05, 4.69) is 41.2 Å². The molecule has 0 spiro atoms. The summed E-state index contributed by atoms with van der Waals surface area (Å²) in [7, 11) is 0. The molecule has 0 radical (unpaired) electrons. The second-order valence-corrected chi connectivity index (χ2v) is 9.01. The molecule has 172 valence electrons. The summed E-state index contributed by atoms with van der Waals surface area (Å²) in [5, 5.41) is 6.79. The summed E-state index contributed by atoms with van der Waals surface area (Å²) in [6, 6.07) is 12.8. The van der Waals surface area contributed by atoms with Crippen LogP contribution in [0.1, 0.15) is 31.1 Å². The smallest absolute Gasteiger partial charge is 0.257 e. The molecule has 1 aliphatic rings. The van der Waals surface area contributed by atoms with Crippen molar-refractivity contribution in [3.8, 4) is 5.75 Å². The van der Waals surface area contributed by atoms with Crippen LogP contribution in [-0.4, -0.2) is 55.3 Å². The van der Waals surface area contributed by atoms with Crippen molar-refractivity contribution in [3.05, 3.63) is 53.1 Å². The maximum Gasteiger partial charge on any atom is 0.257 e. The van der Waals surface area contributed by atoms with Gasteiger partial charge in [-0.25, -0.2) is 0 Å². The van der Waals surface area contributed by atoms with Crippen LogP contribution in [0.25, 0.3) is 0 Å². The van der Waals surface area contributed by atoms with E-state index >= 15 is 0 Å². The van der Waals surface area contributed by atoms with Crippen molar-refractivity contribution in [3.63, 3.8) is 0 Å². The zero-order valence-electron chi connectivity index (χ0n) is 18.9. The lowest BCUT2D eigenvalue weighted by molar-refractivity contribution is 0.0977. The van der Waals surface area contributed by atoms with Gasteiger partial charge in [0.25, 0.3) is 5.91 Å². The summed E-state index contributed by atoms with van der Waals surface area (Å²) in [6.07, 6.45) is 0. The van der Waals surface area contributed by atoms with Crippen LogP contribution in [0.3, 0.4) is 0 Å². The Morgan fingerprint density at radius 2 is 1.88 bits per heavy atom. The lowest BCUT2D eigenvalue weighted by Gasteiger charge is -2.37. The van der Waals surface area contributed by atoms with Gasteiger partial charge in [0.15, 0.2) is 5.11 Å². The van der Waals surface area contributed by atoms with Crippen LogP contribution in [0.2, 0.25) is 5.02 Å². The fourth-order valence-electron chi connectivity index (χ4n) is 3.54. The third-order valence-corrected chi connectivity index (χ3v) is 5.79. The lowest BCUT2D eigenvalue weighted by Crippen LogP contribution is -2.46. The first kappa shape index (κ1) is 24.3. The SMILES string of the molecule is CCN1CCN(c2c(Cl)cccc2NC(=S)NC(=O)c2cccc(OCC(C)C)c2)CC1. The van der Waals surface area contributed by atoms with Gasteiger partial charge in [0, 0.05) is 31.7 Å². The Morgan fingerprint density at radius 1 is 1.16 bits per heavy atom. The second kappa shape index (κ2) is 11.5. The van der Waals surface area contributed by atoms with Gasteiger partial charge in [-0.2, -0.15) is 0 Å². The van der Waals surface area contributed by atoms with Crippen molar-refractivity contribution in [2.24, 2.45) is 5.92 Å². The molecule has 2 aromatic carbocycles. The first-order valence-electron chi connectivity index (χ1n) is 11.0. The van der Waals surface area contributed by atoms with Crippen LogP contribution in [0.15, 0.2) is 42.5 Å². The van der Waals surface area contributed by atoms with Crippen LogP contribution in [0, 0.1) is 5.92 Å². The van der Waals surface area contributed by atoms with Crippen LogP contribution in [0.4, 0.5) is 11.4 Å². The fourth-order valence-corrected chi connectivity index (χ4v) is 4.04. The van der Waals surface area contributed by atoms with E-state index in [4.69, 9.17) is 28.6 Å². The van der Waals surface area contributed by atoms with Gasteiger partial charge in [-0.15, -0.1) is 0 Å². The Kier molecular flexibility index (Phi) is 8.73. The summed E-state index contributed by atoms with van der Waals surface area (Å²) < 4.78 is 5.72. The minimum atomic E-state index is -0.294. The lowest BCUT2D eigenvalue weighted by atomic mass is 10.2. The van der Waals surface area contributed by atoms with Crippen molar-refractivity contribution >= 4 is 46.2 Å². The fraction of sp³-hybridized carbons (Fsp3) is 0.417. The molecule has 6 nitrogen and oxygen atoms in total. The molecule has 0 aromatic heterocycles. The quantitative estimate of drug-likeness (QED) is 0.570. The van der Waals surface area contributed by atoms with Gasteiger partial charge in [0.1, 0.15) is 5.75 Å². The van der Waals surface area contributed by atoms with E-state index in [9.17, 15) is 4.79 Å². The number of carbonyl (C=O) groups excluding carboxylic acids is 1. The summed E-state index contributed by atoms with van der Waals surface area (Å²) >= 11 is 12.0. The van der Waals surface area contributed by atoms with Gasteiger partial charge in [0.05, 0.1) is 23.0 Å². The van der Waals surface area contributed by atoms with Gasteiger partial charge in [-0.1, -0.05) is 44.5 Å². The molecule has 2 aromatic rings. The molecular weight excluding hydrogens is 444 g/mol. The van der Waals surface area contributed by atoms with Crippen LogP contribution < -0.4 is 20.3 Å². The minimum absolute atomic E-state index is 0.221. The van der Waals surface area contributed by atoms with Gasteiger partial charge >= 0.3 is 0 Å². The van der Waals surface area contributed by atoms with E-state index < -0.39 is 0 Å². The van der Waals surface area contributed by atoms with Crippen molar-refractivity contribution in [1.29, 1.82) is 0 Å². The molecular formula is C24H31ClN4O2S. The van der Waals surface area contributed by atoms with E-state index in [0.29, 0.717) is 28.9 Å². The number of piperazine rings is 1. The molecule has 1 heterocycles. The number of rotatable bonds is 7. The number of halogens is 1. The third kappa shape index (κ3) is 6.58. The highest BCUT2D eigenvalue weighted by atomic mass is 35.5. The molecule has 0 aliphatic carbocycles. The van der Waals surface area contributed by atoms with Crippen LogP contribution >= 0.6 is 23.8 Å². The summed E-state index contributed by atoms with van der Waals surface area (Å²) in [5.74, 6) is 0.771. The molecule has 2 N–H and O–H groups in total. The average Bonchev–Trinajstić information content (AvgIpc) is 2.78. The molecule has 1 aliphatic heterocycles. The number of likely N-dealkylation sites (N-methyl/N-ethyl adjacent to an activating group) is 1.